The predicted molar refractivity (Wildman–Crippen MR) is 82.8 cm³/mol. The van der Waals surface area contributed by atoms with Gasteiger partial charge < -0.3 is 4.90 Å². The first-order valence-electron chi connectivity index (χ1n) is 6.68. The minimum Gasteiger partial charge on any atom is -0.342 e. The van der Waals surface area contributed by atoms with Crippen molar-refractivity contribution in [2.45, 2.75) is 24.0 Å². The number of piperidine rings is 1. The maximum atomic E-state index is 13.7. The minimum absolute atomic E-state index is 0.0374. The molecule has 0 N–H and O–H groups in total. The molecule has 0 spiro atoms. The summed E-state index contributed by atoms with van der Waals surface area (Å²) < 4.78 is 13.3. The number of hydrogen-bond acceptors (Lipinski definition) is 3. The van der Waals surface area contributed by atoms with E-state index in [1.54, 1.807) is 11.0 Å². The van der Waals surface area contributed by atoms with E-state index in [-0.39, 0.29) is 22.9 Å². The average molecular weight is 327 g/mol. The third kappa shape index (κ3) is 3.50. The first-order valence-corrected chi connectivity index (χ1v) is 8.29. The van der Waals surface area contributed by atoms with Gasteiger partial charge in [-0.2, -0.15) is 5.26 Å². The second-order valence-electron chi connectivity index (χ2n) is 5.07. The number of rotatable bonds is 3. The van der Waals surface area contributed by atoms with Crippen molar-refractivity contribution in [2.24, 2.45) is 0 Å². The van der Waals surface area contributed by atoms with E-state index >= 15 is 0 Å². The first-order chi connectivity index (χ1) is 10.0. The van der Waals surface area contributed by atoms with Crippen LogP contribution in [0.2, 0.25) is 5.02 Å². The Morgan fingerprint density at radius 3 is 2.71 bits per heavy atom. The standard InChI is InChI=1S/C15H16ClFN2OS/c1-21-15(10-18)5-7-19(8-6-15)14(20)9-11-12(16)3-2-4-13(11)17/h2-4H,5-9H2,1H3. The summed E-state index contributed by atoms with van der Waals surface area (Å²) in [7, 11) is 0. The van der Waals surface area contributed by atoms with Crippen LogP contribution in [0.25, 0.3) is 0 Å². The lowest BCUT2D eigenvalue weighted by atomic mass is 9.96. The van der Waals surface area contributed by atoms with Crippen molar-refractivity contribution >= 4 is 29.3 Å². The lowest BCUT2D eigenvalue weighted by Crippen LogP contribution is -2.45. The van der Waals surface area contributed by atoms with Gasteiger partial charge in [-0.3, -0.25) is 4.79 Å². The van der Waals surface area contributed by atoms with Gasteiger partial charge in [-0.05, 0) is 31.2 Å². The lowest BCUT2D eigenvalue weighted by molar-refractivity contribution is -0.131. The zero-order valence-electron chi connectivity index (χ0n) is 11.7. The van der Waals surface area contributed by atoms with E-state index < -0.39 is 10.6 Å². The van der Waals surface area contributed by atoms with Gasteiger partial charge in [-0.1, -0.05) is 17.7 Å². The largest absolute Gasteiger partial charge is 0.342 e. The molecule has 6 heteroatoms. The molecule has 0 bridgehead atoms. The molecule has 0 aliphatic carbocycles. The molecule has 1 heterocycles. The summed E-state index contributed by atoms with van der Waals surface area (Å²) in [4.78, 5) is 14.0. The number of hydrogen-bond donors (Lipinski definition) is 0. The van der Waals surface area contributed by atoms with Crippen molar-refractivity contribution in [2.75, 3.05) is 19.3 Å². The number of nitriles is 1. The summed E-state index contributed by atoms with van der Waals surface area (Å²) in [5.74, 6) is -0.599. The molecule has 1 fully saturated rings. The SMILES string of the molecule is CSC1(C#N)CCN(C(=O)Cc2c(F)cccc2Cl)CC1. The van der Waals surface area contributed by atoms with E-state index in [2.05, 4.69) is 6.07 Å². The third-order valence-corrected chi connectivity index (χ3v) is 5.54. The van der Waals surface area contributed by atoms with E-state index in [0.29, 0.717) is 25.9 Å². The van der Waals surface area contributed by atoms with Gasteiger partial charge in [-0.15, -0.1) is 11.8 Å². The second kappa shape index (κ2) is 6.67. The fourth-order valence-corrected chi connectivity index (χ4v) is 3.36. The number of amides is 1. The maximum absolute atomic E-state index is 13.7. The van der Waals surface area contributed by atoms with Crippen LogP contribution in [0.5, 0.6) is 0 Å². The highest BCUT2D eigenvalue weighted by molar-refractivity contribution is 8.00. The van der Waals surface area contributed by atoms with E-state index in [4.69, 9.17) is 11.6 Å². The van der Waals surface area contributed by atoms with E-state index in [0.717, 1.165) is 0 Å². The quantitative estimate of drug-likeness (QED) is 0.856. The van der Waals surface area contributed by atoms with Crippen LogP contribution in [0.15, 0.2) is 18.2 Å². The van der Waals surface area contributed by atoms with Crippen LogP contribution in [-0.2, 0) is 11.2 Å². The highest BCUT2D eigenvalue weighted by Crippen LogP contribution is 2.34. The molecule has 1 aromatic rings. The van der Waals surface area contributed by atoms with Crippen molar-refractivity contribution in [3.8, 4) is 6.07 Å². The highest BCUT2D eigenvalue weighted by atomic mass is 35.5. The van der Waals surface area contributed by atoms with Gasteiger partial charge in [0.2, 0.25) is 5.91 Å². The van der Waals surface area contributed by atoms with Crippen LogP contribution >= 0.6 is 23.4 Å². The highest BCUT2D eigenvalue weighted by Gasteiger charge is 2.35. The summed E-state index contributed by atoms with van der Waals surface area (Å²) in [6, 6.07) is 6.74. The van der Waals surface area contributed by atoms with Crippen molar-refractivity contribution in [1.29, 1.82) is 5.26 Å². The molecule has 112 valence electrons. The van der Waals surface area contributed by atoms with Gasteiger partial charge >= 0.3 is 0 Å². The number of nitrogens with zero attached hydrogens (tertiary/aromatic N) is 2. The van der Waals surface area contributed by atoms with Gasteiger partial charge in [0.05, 0.1) is 12.5 Å². The van der Waals surface area contributed by atoms with Gasteiger partial charge in [0.15, 0.2) is 0 Å². The first kappa shape index (κ1) is 16.1. The van der Waals surface area contributed by atoms with Crippen molar-refractivity contribution < 1.29 is 9.18 Å². The lowest BCUT2D eigenvalue weighted by Gasteiger charge is -2.36. The van der Waals surface area contributed by atoms with Gasteiger partial charge in [0.1, 0.15) is 10.6 Å². The Hall–Kier alpha value is -1.25. The molecule has 1 aliphatic rings. The molecule has 1 saturated heterocycles. The molecule has 1 amide bonds. The van der Waals surface area contributed by atoms with Crippen LogP contribution in [0.1, 0.15) is 18.4 Å². The summed E-state index contributed by atoms with van der Waals surface area (Å²) in [5, 5.41) is 9.51. The number of likely N-dealkylation sites (tertiary alicyclic amines) is 1. The molecular weight excluding hydrogens is 311 g/mol. The minimum atomic E-state index is -0.455. The number of halogens is 2. The average Bonchev–Trinajstić information content (AvgIpc) is 2.51. The Balaban J connectivity index is 2.02. The van der Waals surface area contributed by atoms with Gasteiger partial charge in [-0.25, -0.2) is 4.39 Å². The summed E-state index contributed by atoms with van der Waals surface area (Å²) in [5.41, 5.74) is 0.242. The van der Waals surface area contributed by atoms with Crippen molar-refractivity contribution in [3.05, 3.63) is 34.6 Å². The van der Waals surface area contributed by atoms with Crippen molar-refractivity contribution in [3.63, 3.8) is 0 Å². The fourth-order valence-electron chi connectivity index (χ4n) is 2.44. The Morgan fingerprint density at radius 2 is 2.19 bits per heavy atom. The van der Waals surface area contributed by atoms with Crippen LogP contribution in [0.3, 0.4) is 0 Å². The monoisotopic (exact) mass is 326 g/mol. The third-order valence-electron chi connectivity index (χ3n) is 3.91. The smallest absolute Gasteiger partial charge is 0.227 e. The summed E-state index contributed by atoms with van der Waals surface area (Å²) >= 11 is 7.48. The molecule has 21 heavy (non-hydrogen) atoms. The predicted octanol–water partition coefficient (Wildman–Crippen LogP) is 3.27. The number of thioether (sulfide) groups is 1. The Bertz CT molecular complexity index is 559. The summed E-state index contributed by atoms with van der Waals surface area (Å²) in [6.45, 7) is 1.05. The van der Waals surface area contributed by atoms with E-state index in [1.165, 1.54) is 23.9 Å². The Labute approximate surface area is 133 Å². The molecule has 1 aliphatic heterocycles. The molecule has 2 rings (SSSR count). The molecular formula is C15H16ClFN2OS. The van der Waals surface area contributed by atoms with Crippen LogP contribution in [-0.4, -0.2) is 34.9 Å². The Kier molecular flexibility index (Phi) is 5.13. The summed E-state index contributed by atoms with van der Waals surface area (Å²) in [6.07, 6.45) is 3.16. The van der Waals surface area contributed by atoms with Crippen LogP contribution in [0, 0.1) is 17.1 Å². The zero-order valence-corrected chi connectivity index (χ0v) is 13.3. The molecule has 0 saturated carbocycles. The van der Waals surface area contributed by atoms with Gasteiger partial charge in [0, 0.05) is 23.7 Å². The number of carbonyl (C=O) groups is 1. The Morgan fingerprint density at radius 1 is 1.52 bits per heavy atom. The van der Waals surface area contributed by atoms with E-state index in [9.17, 15) is 14.4 Å². The molecule has 0 aromatic heterocycles. The topological polar surface area (TPSA) is 44.1 Å². The van der Waals surface area contributed by atoms with Gasteiger partial charge in [0.25, 0.3) is 0 Å². The fraction of sp³-hybridized carbons (Fsp3) is 0.467. The van der Waals surface area contributed by atoms with E-state index in [1.807, 2.05) is 6.26 Å². The maximum Gasteiger partial charge on any atom is 0.227 e. The van der Waals surface area contributed by atoms with Crippen LogP contribution in [0.4, 0.5) is 4.39 Å². The molecule has 0 unspecified atom stereocenters. The number of carbonyl (C=O) groups excluding carboxylic acids is 1. The van der Waals surface area contributed by atoms with Crippen molar-refractivity contribution in [1.82, 2.24) is 4.90 Å². The molecule has 3 nitrogen and oxygen atoms in total. The number of benzene rings is 1. The second-order valence-corrected chi connectivity index (χ2v) is 6.66. The molecule has 0 radical (unpaired) electrons. The zero-order chi connectivity index (χ0) is 15.5. The molecule has 0 atom stereocenters. The normalized spacial score (nSPS) is 17.3. The van der Waals surface area contributed by atoms with Crippen LogP contribution < -0.4 is 0 Å². The molecule has 1 aromatic carbocycles.